The zero-order chi connectivity index (χ0) is 25.2. The van der Waals surface area contributed by atoms with Gasteiger partial charge in [-0.25, -0.2) is 4.98 Å². The van der Waals surface area contributed by atoms with Gasteiger partial charge in [-0.3, -0.25) is 19.7 Å². The Balaban J connectivity index is 1.89. The van der Waals surface area contributed by atoms with Crippen LogP contribution in [0, 0.1) is 10.1 Å². The van der Waals surface area contributed by atoms with E-state index in [9.17, 15) is 19.7 Å². The number of carbonyl (C=O) groups is 2. The quantitative estimate of drug-likeness (QED) is 0.211. The molecule has 1 aromatic carbocycles. The van der Waals surface area contributed by atoms with Gasteiger partial charge in [-0.1, -0.05) is 12.1 Å². The third-order valence-corrected chi connectivity index (χ3v) is 4.78. The summed E-state index contributed by atoms with van der Waals surface area (Å²) < 4.78 is 20.7. The van der Waals surface area contributed by atoms with Crippen LogP contribution in [0.3, 0.4) is 0 Å². The molecule has 0 saturated carbocycles. The van der Waals surface area contributed by atoms with Crippen LogP contribution in [-0.2, 0) is 32.0 Å². The second-order valence-corrected chi connectivity index (χ2v) is 7.16. The molecule has 184 valence electrons. The van der Waals surface area contributed by atoms with Gasteiger partial charge in [-0.15, -0.1) is 0 Å². The molecule has 0 unspecified atom stereocenters. The molecule has 2 heterocycles. The van der Waals surface area contributed by atoms with E-state index in [0.717, 1.165) is 6.33 Å². The standard InChI is InChI=1S/C23H24N4O8/c1-3-33-19(28)10-11-26(14-18-5-4-12-34-18)22-21(27(30)31)23(25-15-24-22)35-17-8-6-16(7-9-17)13-20(29)32-2/h4-9,12,15H,3,10-11,13-14H2,1-2H3. The van der Waals surface area contributed by atoms with E-state index in [1.54, 1.807) is 43.3 Å². The first-order chi connectivity index (χ1) is 16.9. The van der Waals surface area contributed by atoms with Crippen molar-refractivity contribution in [2.45, 2.75) is 26.3 Å². The second-order valence-electron chi connectivity index (χ2n) is 7.16. The summed E-state index contributed by atoms with van der Waals surface area (Å²) in [5, 5.41) is 12.0. The van der Waals surface area contributed by atoms with Crippen LogP contribution in [0.5, 0.6) is 11.6 Å². The summed E-state index contributed by atoms with van der Waals surface area (Å²) in [6.45, 7) is 2.12. The Kier molecular flexibility index (Phi) is 8.70. The average molecular weight is 484 g/mol. The molecule has 0 aliphatic rings. The van der Waals surface area contributed by atoms with Crippen molar-refractivity contribution in [3.63, 3.8) is 0 Å². The summed E-state index contributed by atoms with van der Waals surface area (Å²) >= 11 is 0. The third kappa shape index (κ3) is 7.00. The average Bonchev–Trinajstić information content (AvgIpc) is 3.36. The highest BCUT2D eigenvalue weighted by molar-refractivity contribution is 5.72. The Bertz CT molecular complexity index is 1150. The normalized spacial score (nSPS) is 10.5. The van der Waals surface area contributed by atoms with Crippen molar-refractivity contribution in [2.75, 3.05) is 25.2 Å². The van der Waals surface area contributed by atoms with Crippen LogP contribution >= 0.6 is 0 Å². The molecular weight excluding hydrogens is 460 g/mol. The van der Waals surface area contributed by atoms with Crippen molar-refractivity contribution in [1.29, 1.82) is 0 Å². The molecular formula is C23H24N4O8. The number of nitro groups is 1. The molecule has 0 aliphatic carbocycles. The SMILES string of the molecule is CCOC(=O)CCN(Cc1ccco1)c1ncnc(Oc2ccc(CC(=O)OC)cc2)c1[N+](=O)[O-]. The minimum atomic E-state index is -0.643. The summed E-state index contributed by atoms with van der Waals surface area (Å²) in [6.07, 6.45) is 2.68. The lowest BCUT2D eigenvalue weighted by Crippen LogP contribution is -2.28. The van der Waals surface area contributed by atoms with Crippen LogP contribution in [0.25, 0.3) is 0 Å². The van der Waals surface area contributed by atoms with Gasteiger partial charge in [-0.2, -0.15) is 4.98 Å². The first-order valence-corrected chi connectivity index (χ1v) is 10.7. The largest absolute Gasteiger partial charge is 0.469 e. The van der Waals surface area contributed by atoms with E-state index >= 15 is 0 Å². The number of nitrogens with zero attached hydrogens (tertiary/aromatic N) is 4. The fourth-order valence-corrected chi connectivity index (χ4v) is 3.16. The van der Waals surface area contributed by atoms with Crippen LogP contribution in [0.2, 0.25) is 0 Å². The van der Waals surface area contributed by atoms with E-state index in [-0.39, 0.29) is 50.0 Å². The van der Waals surface area contributed by atoms with Gasteiger partial charge in [0.05, 0.1) is 44.3 Å². The van der Waals surface area contributed by atoms with E-state index in [0.29, 0.717) is 11.3 Å². The molecule has 3 rings (SSSR count). The molecule has 0 aliphatic heterocycles. The highest BCUT2D eigenvalue weighted by Crippen LogP contribution is 2.36. The maximum absolute atomic E-state index is 12.0. The van der Waals surface area contributed by atoms with Crippen LogP contribution in [0.4, 0.5) is 11.5 Å². The van der Waals surface area contributed by atoms with Gasteiger partial charge < -0.3 is 23.5 Å². The van der Waals surface area contributed by atoms with Crippen LogP contribution in [0.15, 0.2) is 53.4 Å². The monoisotopic (exact) mass is 484 g/mol. The minimum absolute atomic E-state index is 0.0203. The van der Waals surface area contributed by atoms with E-state index < -0.39 is 22.5 Å². The number of hydrogen-bond donors (Lipinski definition) is 0. The van der Waals surface area contributed by atoms with Crippen molar-refractivity contribution in [3.8, 4) is 11.6 Å². The zero-order valence-electron chi connectivity index (χ0n) is 19.2. The number of carbonyl (C=O) groups excluding carboxylic acids is 2. The third-order valence-electron chi connectivity index (χ3n) is 4.78. The molecule has 0 N–H and O–H groups in total. The molecule has 0 bridgehead atoms. The molecule has 0 atom stereocenters. The molecule has 0 saturated heterocycles. The number of esters is 2. The maximum Gasteiger partial charge on any atom is 0.373 e. The molecule has 3 aromatic rings. The lowest BCUT2D eigenvalue weighted by molar-refractivity contribution is -0.385. The van der Waals surface area contributed by atoms with Crippen molar-refractivity contribution in [1.82, 2.24) is 9.97 Å². The van der Waals surface area contributed by atoms with Crippen LogP contribution in [-0.4, -0.2) is 47.1 Å². The lowest BCUT2D eigenvalue weighted by atomic mass is 10.1. The summed E-state index contributed by atoms with van der Waals surface area (Å²) in [5.41, 5.74) is 0.215. The first kappa shape index (κ1) is 25.1. The van der Waals surface area contributed by atoms with E-state index in [2.05, 4.69) is 14.7 Å². The molecule has 12 nitrogen and oxygen atoms in total. The predicted octanol–water partition coefficient (Wildman–Crippen LogP) is 3.45. The molecule has 0 amide bonds. The summed E-state index contributed by atoms with van der Waals surface area (Å²) in [5.74, 6) is -0.364. The van der Waals surface area contributed by atoms with Gasteiger partial charge in [-0.05, 0) is 36.8 Å². The highest BCUT2D eigenvalue weighted by Gasteiger charge is 2.29. The Morgan fingerprint density at radius 2 is 1.91 bits per heavy atom. The van der Waals surface area contributed by atoms with Crippen LogP contribution < -0.4 is 9.64 Å². The van der Waals surface area contributed by atoms with Crippen molar-refractivity contribution < 1.29 is 33.1 Å². The minimum Gasteiger partial charge on any atom is -0.469 e. The van der Waals surface area contributed by atoms with E-state index in [4.69, 9.17) is 13.9 Å². The number of furan rings is 1. The van der Waals surface area contributed by atoms with Gasteiger partial charge in [0, 0.05) is 6.54 Å². The maximum atomic E-state index is 12.0. The molecule has 12 heteroatoms. The van der Waals surface area contributed by atoms with E-state index in [1.807, 2.05) is 0 Å². The molecule has 0 fully saturated rings. The van der Waals surface area contributed by atoms with Gasteiger partial charge in [0.1, 0.15) is 17.8 Å². The number of anilines is 1. The number of methoxy groups -OCH3 is 1. The summed E-state index contributed by atoms with van der Waals surface area (Å²) in [7, 11) is 1.30. The Labute approximate surface area is 200 Å². The van der Waals surface area contributed by atoms with Gasteiger partial charge in [0.15, 0.2) is 0 Å². The Morgan fingerprint density at radius 3 is 2.54 bits per heavy atom. The Morgan fingerprint density at radius 1 is 1.14 bits per heavy atom. The fourth-order valence-electron chi connectivity index (χ4n) is 3.16. The number of hydrogen-bond acceptors (Lipinski definition) is 11. The molecule has 35 heavy (non-hydrogen) atoms. The number of aromatic nitrogens is 2. The smallest absolute Gasteiger partial charge is 0.373 e. The van der Waals surface area contributed by atoms with Crippen molar-refractivity contribution >= 4 is 23.4 Å². The topological polar surface area (TPSA) is 147 Å². The van der Waals surface area contributed by atoms with Gasteiger partial charge >= 0.3 is 23.5 Å². The molecule has 2 aromatic heterocycles. The number of ether oxygens (including phenoxy) is 3. The fraction of sp³-hybridized carbons (Fsp3) is 0.304. The lowest BCUT2D eigenvalue weighted by Gasteiger charge is -2.22. The summed E-state index contributed by atoms with van der Waals surface area (Å²) in [4.78, 5) is 44.4. The van der Waals surface area contributed by atoms with E-state index in [1.165, 1.54) is 18.3 Å². The zero-order valence-corrected chi connectivity index (χ0v) is 19.2. The molecule has 0 radical (unpaired) electrons. The molecule has 0 spiro atoms. The van der Waals surface area contributed by atoms with Gasteiger partial charge in [0.25, 0.3) is 0 Å². The predicted molar refractivity (Wildman–Crippen MR) is 122 cm³/mol. The first-order valence-electron chi connectivity index (χ1n) is 10.7. The second kappa shape index (κ2) is 12.1. The van der Waals surface area contributed by atoms with Crippen molar-refractivity contribution in [3.05, 3.63) is 70.4 Å². The number of benzene rings is 1. The Hall–Kier alpha value is -4.48. The summed E-state index contributed by atoms with van der Waals surface area (Å²) in [6, 6.07) is 9.80. The van der Waals surface area contributed by atoms with Crippen molar-refractivity contribution in [2.24, 2.45) is 0 Å². The van der Waals surface area contributed by atoms with Gasteiger partial charge in [0.2, 0.25) is 5.82 Å². The van der Waals surface area contributed by atoms with Crippen LogP contribution in [0.1, 0.15) is 24.7 Å². The number of rotatable bonds is 12. The highest BCUT2D eigenvalue weighted by atomic mass is 16.6.